The van der Waals surface area contributed by atoms with Crippen molar-refractivity contribution in [3.63, 3.8) is 0 Å². The SMILES string of the molecule is CC(C1CC1)N(C)S(=O)(=O)c1ccc(F)c(Cl)c1. The van der Waals surface area contributed by atoms with E-state index in [0.29, 0.717) is 5.92 Å². The van der Waals surface area contributed by atoms with Crippen LogP contribution in [0.4, 0.5) is 4.39 Å². The summed E-state index contributed by atoms with van der Waals surface area (Å²) in [4.78, 5) is 0.0314. The summed E-state index contributed by atoms with van der Waals surface area (Å²) in [5.74, 6) is -0.186. The molecule has 6 heteroatoms. The molecule has 0 saturated heterocycles. The Morgan fingerprint density at radius 2 is 2.06 bits per heavy atom. The Hall–Kier alpha value is -0.650. The quantitative estimate of drug-likeness (QED) is 0.855. The zero-order chi connectivity index (χ0) is 13.5. The van der Waals surface area contributed by atoms with Gasteiger partial charge < -0.3 is 0 Å². The van der Waals surface area contributed by atoms with Gasteiger partial charge in [-0.15, -0.1) is 0 Å². The highest BCUT2D eigenvalue weighted by atomic mass is 35.5. The third-order valence-electron chi connectivity index (χ3n) is 3.45. The van der Waals surface area contributed by atoms with E-state index in [-0.39, 0.29) is 16.0 Å². The van der Waals surface area contributed by atoms with Gasteiger partial charge in [-0.2, -0.15) is 4.31 Å². The average Bonchev–Trinajstić information content (AvgIpc) is 3.14. The summed E-state index contributed by atoms with van der Waals surface area (Å²) >= 11 is 5.62. The monoisotopic (exact) mass is 291 g/mol. The van der Waals surface area contributed by atoms with Gasteiger partial charge in [-0.1, -0.05) is 11.6 Å². The number of halogens is 2. The maximum absolute atomic E-state index is 13.0. The van der Waals surface area contributed by atoms with Crippen molar-refractivity contribution in [1.29, 1.82) is 0 Å². The van der Waals surface area contributed by atoms with E-state index in [4.69, 9.17) is 11.6 Å². The topological polar surface area (TPSA) is 37.4 Å². The standard InChI is InChI=1S/C12H15ClFNO2S/c1-8(9-3-4-9)15(2)18(16,17)10-5-6-12(14)11(13)7-10/h5-9H,3-4H2,1-2H3. The molecular formula is C12H15ClFNO2S. The molecule has 0 heterocycles. The summed E-state index contributed by atoms with van der Waals surface area (Å²) in [6.45, 7) is 1.89. The van der Waals surface area contributed by atoms with Crippen molar-refractivity contribution >= 4 is 21.6 Å². The number of benzene rings is 1. The number of hydrogen-bond donors (Lipinski definition) is 0. The van der Waals surface area contributed by atoms with Crippen molar-refractivity contribution in [2.45, 2.75) is 30.7 Å². The summed E-state index contributed by atoms with van der Waals surface area (Å²) in [6.07, 6.45) is 2.12. The molecule has 1 aliphatic carbocycles. The third kappa shape index (κ3) is 2.53. The molecule has 1 aliphatic rings. The molecule has 1 atom stereocenters. The molecule has 1 aromatic carbocycles. The van der Waals surface area contributed by atoms with Crippen molar-refractivity contribution < 1.29 is 12.8 Å². The van der Waals surface area contributed by atoms with E-state index in [9.17, 15) is 12.8 Å². The van der Waals surface area contributed by atoms with Crippen LogP contribution in [0, 0.1) is 11.7 Å². The van der Waals surface area contributed by atoms with E-state index in [1.54, 1.807) is 7.05 Å². The van der Waals surface area contributed by atoms with E-state index in [1.807, 2.05) is 6.92 Å². The number of hydrogen-bond acceptors (Lipinski definition) is 2. The fourth-order valence-corrected chi connectivity index (χ4v) is 3.59. The third-order valence-corrected chi connectivity index (χ3v) is 5.68. The fourth-order valence-electron chi connectivity index (χ4n) is 1.90. The van der Waals surface area contributed by atoms with E-state index < -0.39 is 15.8 Å². The van der Waals surface area contributed by atoms with E-state index in [1.165, 1.54) is 10.4 Å². The maximum atomic E-state index is 13.0. The second kappa shape index (κ2) is 4.79. The molecule has 18 heavy (non-hydrogen) atoms. The molecular weight excluding hydrogens is 277 g/mol. The van der Waals surface area contributed by atoms with E-state index in [2.05, 4.69) is 0 Å². The van der Waals surface area contributed by atoms with Gasteiger partial charge in [-0.05, 0) is 43.9 Å². The lowest BCUT2D eigenvalue weighted by Crippen LogP contribution is -2.36. The Morgan fingerprint density at radius 3 is 2.56 bits per heavy atom. The van der Waals surface area contributed by atoms with Gasteiger partial charge in [0.05, 0.1) is 9.92 Å². The van der Waals surface area contributed by atoms with Crippen LogP contribution in [0.2, 0.25) is 5.02 Å². The highest BCUT2D eigenvalue weighted by molar-refractivity contribution is 7.89. The van der Waals surface area contributed by atoms with Crippen LogP contribution < -0.4 is 0 Å². The highest BCUT2D eigenvalue weighted by Gasteiger charge is 2.36. The molecule has 3 nitrogen and oxygen atoms in total. The zero-order valence-electron chi connectivity index (χ0n) is 10.2. The second-order valence-corrected chi connectivity index (χ2v) is 7.08. The summed E-state index contributed by atoms with van der Waals surface area (Å²) in [7, 11) is -2.05. The Labute approximate surface area is 112 Å². The van der Waals surface area contributed by atoms with Crippen LogP contribution in [0.5, 0.6) is 0 Å². The molecule has 0 bridgehead atoms. The fraction of sp³-hybridized carbons (Fsp3) is 0.500. The Balaban J connectivity index is 2.31. The van der Waals surface area contributed by atoms with Gasteiger partial charge in [0.15, 0.2) is 0 Å². The van der Waals surface area contributed by atoms with E-state index >= 15 is 0 Å². The molecule has 0 radical (unpaired) electrons. The second-order valence-electron chi connectivity index (χ2n) is 4.68. The van der Waals surface area contributed by atoms with Crippen LogP contribution in [-0.4, -0.2) is 25.8 Å². The summed E-state index contributed by atoms with van der Waals surface area (Å²) in [5.41, 5.74) is 0. The molecule has 0 aromatic heterocycles. The average molecular weight is 292 g/mol. The molecule has 1 saturated carbocycles. The van der Waals surface area contributed by atoms with Crippen molar-refractivity contribution in [3.8, 4) is 0 Å². The first kappa shape index (κ1) is 13.8. The van der Waals surface area contributed by atoms with Crippen LogP contribution in [0.15, 0.2) is 23.1 Å². The summed E-state index contributed by atoms with van der Waals surface area (Å²) in [6, 6.07) is 3.43. The minimum Gasteiger partial charge on any atom is -0.207 e. The van der Waals surface area contributed by atoms with E-state index in [0.717, 1.165) is 25.0 Å². The molecule has 1 fully saturated rings. The van der Waals surface area contributed by atoms with Gasteiger partial charge in [-0.25, -0.2) is 12.8 Å². The predicted molar refractivity (Wildman–Crippen MR) is 68.5 cm³/mol. The molecule has 0 N–H and O–H groups in total. The van der Waals surface area contributed by atoms with Crippen molar-refractivity contribution in [2.24, 2.45) is 5.92 Å². The molecule has 0 amide bonds. The number of nitrogens with zero attached hydrogens (tertiary/aromatic N) is 1. The Morgan fingerprint density at radius 1 is 1.44 bits per heavy atom. The van der Waals surface area contributed by atoms with Crippen LogP contribution in [0.1, 0.15) is 19.8 Å². The van der Waals surface area contributed by atoms with Crippen molar-refractivity contribution in [2.75, 3.05) is 7.05 Å². The summed E-state index contributed by atoms with van der Waals surface area (Å²) < 4.78 is 39.0. The number of sulfonamides is 1. The molecule has 1 unspecified atom stereocenters. The van der Waals surface area contributed by atoms with Crippen LogP contribution >= 0.6 is 11.6 Å². The Kier molecular flexibility index (Phi) is 3.67. The van der Waals surface area contributed by atoms with Gasteiger partial charge in [0.2, 0.25) is 10.0 Å². The number of rotatable bonds is 4. The lowest BCUT2D eigenvalue weighted by Gasteiger charge is -2.24. The van der Waals surface area contributed by atoms with Crippen LogP contribution in [0.3, 0.4) is 0 Å². The normalized spacial score (nSPS) is 18.1. The Bertz CT molecular complexity index is 557. The summed E-state index contributed by atoms with van der Waals surface area (Å²) in [5, 5.41) is -0.177. The van der Waals surface area contributed by atoms with Gasteiger partial charge in [0.25, 0.3) is 0 Å². The lowest BCUT2D eigenvalue weighted by molar-refractivity contribution is 0.357. The van der Waals surface area contributed by atoms with Crippen LogP contribution in [-0.2, 0) is 10.0 Å². The minimum atomic E-state index is -3.60. The first-order chi connectivity index (χ1) is 8.34. The first-order valence-corrected chi connectivity index (χ1v) is 7.59. The lowest BCUT2D eigenvalue weighted by atomic mass is 10.2. The molecule has 1 aromatic rings. The largest absolute Gasteiger partial charge is 0.243 e. The predicted octanol–water partition coefficient (Wildman–Crippen LogP) is 2.90. The van der Waals surface area contributed by atoms with Gasteiger partial charge in [0.1, 0.15) is 5.82 Å². The zero-order valence-corrected chi connectivity index (χ0v) is 11.8. The van der Waals surface area contributed by atoms with Gasteiger partial charge in [0, 0.05) is 13.1 Å². The molecule has 0 aliphatic heterocycles. The van der Waals surface area contributed by atoms with Crippen molar-refractivity contribution in [3.05, 3.63) is 29.0 Å². The minimum absolute atomic E-state index is 0.0314. The first-order valence-electron chi connectivity index (χ1n) is 5.77. The maximum Gasteiger partial charge on any atom is 0.243 e. The van der Waals surface area contributed by atoms with Gasteiger partial charge in [-0.3, -0.25) is 0 Å². The van der Waals surface area contributed by atoms with Crippen LogP contribution in [0.25, 0.3) is 0 Å². The van der Waals surface area contributed by atoms with Crippen molar-refractivity contribution in [1.82, 2.24) is 4.31 Å². The van der Waals surface area contributed by atoms with Gasteiger partial charge >= 0.3 is 0 Å². The molecule has 2 rings (SSSR count). The molecule has 100 valence electrons. The highest BCUT2D eigenvalue weighted by Crippen LogP contribution is 2.36. The smallest absolute Gasteiger partial charge is 0.207 e. The molecule has 0 spiro atoms.